The van der Waals surface area contributed by atoms with Crippen molar-refractivity contribution in [3.63, 3.8) is 0 Å². The average molecular weight is 296 g/mol. The second-order valence-electron chi connectivity index (χ2n) is 5.28. The van der Waals surface area contributed by atoms with Crippen molar-refractivity contribution >= 4 is 16.2 Å². The Hall–Kier alpha value is -1.44. The molecule has 0 spiro atoms. The van der Waals surface area contributed by atoms with Gasteiger partial charge in [0, 0.05) is 19.1 Å². The SMILES string of the molecule is O=C(O)C1CN(S(=O)(=O)NC2CC2)Cc2ccccc21. The molecule has 1 atom stereocenters. The molecule has 6 nitrogen and oxygen atoms in total. The van der Waals surface area contributed by atoms with Gasteiger partial charge in [-0.15, -0.1) is 0 Å². The lowest BCUT2D eigenvalue weighted by molar-refractivity contribution is -0.139. The number of carboxylic acids is 1. The monoisotopic (exact) mass is 296 g/mol. The molecule has 0 radical (unpaired) electrons. The zero-order chi connectivity index (χ0) is 14.3. The van der Waals surface area contributed by atoms with Crippen LogP contribution in [0.4, 0.5) is 0 Å². The summed E-state index contributed by atoms with van der Waals surface area (Å²) in [6.45, 7) is 0.205. The summed E-state index contributed by atoms with van der Waals surface area (Å²) in [6, 6.07) is 7.13. The van der Waals surface area contributed by atoms with Crippen LogP contribution in [0.2, 0.25) is 0 Å². The molecule has 1 saturated carbocycles. The van der Waals surface area contributed by atoms with Gasteiger partial charge >= 0.3 is 5.97 Å². The van der Waals surface area contributed by atoms with Crippen LogP contribution < -0.4 is 4.72 Å². The minimum Gasteiger partial charge on any atom is -0.481 e. The summed E-state index contributed by atoms with van der Waals surface area (Å²) in [5, 5.41) is 9.32. The Balaban J connectivity index is 1.91. The summed E-state index contributed by atoms with van der Waals surface area (Å²) in [5.41, 5.74) is 1.46. The van der Waals surface area contributed by atoms with Crippen LogP contribution >= 0.6 is 0 Å². The van der Waals surface area contributed by atoms with Crippen molar-refractivity contribution in [3.8, 4) is 0 Å². The van der Waals surface area contributed by atoms with E-state index in [1.807, 2.05) is 0 Å². The smallest absolute Gasteiger partial charge is 0.312 e. The molecule has 0 amide bonds. The minimum atomic E-state index is -3.61. The second kappa shape index (κ2) is 4.83. The van der Waals surface area contributed by atoms with Crippen LogP contribution in [-0.2, 0) is 21.5 Å². The highest BCUT2D eigenvalue weighted by Gasteiger charge is 2.37. The molecule has 1 aliphatic carbocycles. The van der Waals surface area contributed by atoms with Crippen molar-refractivity contribution in [2.45, 2.75) is 31.3 Å². The molecule has 20 heavy (non-hydrogen) atoms. The van der Waals surface area contributed by atoms with Gasteiger partial charge in [0.25, 0.3) is 10.2 Å². The van der Waals surface area contributed by atoms with Crippen molar-refractivity contribution < 1.29 is 18.3 Å². The molecular weight excluding hydrogens is 280 g/mol. The number of hydrogen-bond donors (Lipinski definition) is 2. The zero-order valence-electron chi connectivity index (χ0n) is 10.8. The first-order valence-electron chi connectivity index (χ1n) is 6.55. The lowest BCUT2D eigenvalue weighted by Gasteiger charge is -2.31. The molecule has 1 aromatic carbocycles. The fraction of sp³-hybridized carbons (Fsp3) is 0.462. The summed E-state index contributed by atoms with van der Waals surface area (Å²) < 4.78 is 28.3. The number of nitrogens with one attached hydrogen (secondary N) is 1. The largest absolute Gasteiger partial charge is 0.481 e. The Kier molecular flexibility index (Phi) is 3.27. The number of aliphatic carboxylic acids is 1. The van der Waals surface area contributed by atoms with E-state index >= 15 is 0 Å². The highest BCUT2D eigenvalue weighted by atomic mass is 32.2. The topological polar surface area (TPSA) is 86.7 Å². The summed E-state index contributed by atoms with van der Waals surface area (Å²) in [5.74, 6) is -1.81. The van der Waals surface area contributed by atoms with Crippen molar-refractivity contribution in [2.24, 2.45) is 0 Å². The van der Waals surface area contributed by atoms with Crippen LogP contribution in [0.5, 0.6) is 0 Å². The van der Waals surface area contributed by atoms with Gasteiger partial charge in [-0.2, -0.15) is 17.4 Å². The van der Waals surface area contributed by atoms with Crippen LogP contribution in [0, 0.1) is 0 Å². The Bertz CT molecular complexity index is 640. The van der Waals surface area contributed by atoms with Crippen LogP contribution in [0.25, 0.3) is 0 Å². The van der Waals surface area contributed by atoms with Gasteiger partial charge in [-0.25, -0.2) is 0 Å². The number of carboxylic acid groups (broad SMARTS) is 1. The maximum atomic E-state index is 12.2. The molecule has 0 saturated heterocycles. The van der Waals surface area contributed by atoms with Crippen LogP contribution in [0.15, 0.2) is 24.3 Å². The Morgan fingerprint density at radius 1 is 1.30 bits per heavy atom. The van der Waals surface area contributed by atoms with Crippen LogP contribution in [0.1, 0.15) is 29.9 Å². The molecular formula is C13H16N2O4S. The van der Waals surface area contributed by atoms with Gasteiger partial charge in [0.2, 0.25) is 0 Å². The molecule has 2 N–H and O–H groups in total. The number of hydrogen-bond acceptors (Lipinski definition) is 3. The van der Waals surface area contributed by atoms with E-state index in [0.717, 1.165) is 18.4 Å². The van der Waals surface area contributed by atoms with Gasteiger partial charge in [-0.1, -0.05) is 24.3 Å². The van der Waals surface area contributed by atoms with Crippen molar-refractivity contribution in [1.29, 1.82) is 0 Å². The molecule has 108 valence electrons. The summed E-state index contributed by atoms with van der Waals surface area (Å²) in [4.78, 5) is 11.4. The second-order valence-corrected chi connectivity index (χ2v) is 6.98. The molecule has 1 fully saturated rings. The summed E-state index contributed by atoms with van der Waals surface area (Å²) in [7, 11) is -3.61. The van der Waals surface area contributed by atoms with E-state index in [1.165, 1.54) is 4.31 Å². The minimum absolute atomic E-state index is 0.0143. The molecule has 1 heterocycles. The lowest BCUT2D eigenvalue weighted by atomic mass is 9.91. The predicted molar refractivity (Wildman–Crippen MR) is 72.3 cm³/mol. The number of benzene rings is 1. The van der Waals surface area contributed by atoms with Gasteiger partial charge in [0.15, 0.2) is 0 Å². The molecule has 7 heteroatoms. The Labute approximate surface area is 117 Å². The fourth-order valence-corrected chi connectivity index (χ4v) is 3.92. The van der Waals surface area contributed by atoms with E-state index < -0.39 is 22.1 Å². The normalized spacial score (nSPS) is 23.3. The van der Waals surface area contributed by atoms with Gasteiger partial charge < -0.3 is 5.11 Å². The van der Waals surface area contributed by atoms with E-state index in [1.54, 1.807) is 24.3 Å². The first-order valence-corrected chi connectivity index (χ1v) is 7.99. The van der Waals surface area contributed by atoms with Gasteiger partial charge in [0.05, 0.1) is 5.92 Å². The number of carbonyl (C=O) groups is 1. The predicted octanol–water partition coefficient (Wildman–Crippen LogP) is 0.667. The number of nitrogens with zero attached hydrogens (tertiary/aromatic N) is 1. The molecule has 1 aromatic rings. The molecule has 2 aliphatic rings. The molecule has 3 rings (SSSR count). The fourth-order valence-electron chi connectivity index (χ4n) is 2.46. The van der Waals surface area contributed by atoms with E-state index in [4.69, 9.17) is 0 Å². The van der Waals surface area contributed by atoms with Crippen molar-refractivity contribution in [3.05, 3.63) is 35.4 Å². The molecule has 1 unspecified atom stereocenters. The van der Waals surface area contributed by atoms with Gasteiger partial charge in [-0.05, 0) is 24.0 Å². The third-order valence-electron chi connectivity index (χ3n) is 3.69. The Morgan fingerprint density at radius 3 is 2.65 bits per heavy atom. The van der Waals surface area contributed by atoms with E-state index in [2.05, 4.69) is 4.72 Å². The number of fused-ring (bicyclic) bond motifs is 1. The average Bonchev–Trinajstić information content (AvgIpc) is 3.20. The summed E-state index contributed by atoms with van der Waals surface area (Å²) >= 11 is 0. The third-order valence-corrected chi connectivity index (χ3v) is 5.28. The van der Waals surface area contributed by atoms with E-state index in [0.29, 0.717) is 5.56 Å². The standard InChI is InChI=1S/C13H16N2O4S/c16-13(17)12-8-15(20(18,19)14-10-5-6-10)7-9-3-1-2-4-11(9)12/h1-4,10,12,14H,5-8H2,(H,16,17). The molecule has 0 bridgehead atoms. The quantitative estimate of drug-likeness (QED) is 0.855. The highest BCUT2D eigenvalue weighted by molar-refractivity contribution is 7.87. The maximum absolute atomic E-state index is 12.2. The van der Waals surface area contributed by atoms with Crippen LogP contribution in [-0.4, -0.2) is 36.4 Å². The summed E-state index contributed by atoms with van der Waals surface area (Å²) in [6.07, 6.45) is 1.71. The highest BCUT2D eigenvalue weighted by Crippen LogP contribution is 2.30. The number of rotatable bonds is 4. The first-order chi connectivity index (χ1) is 9.47. The molecule has 0 aromatic heterocycles. The van der Waals surface area contributed by atoms with E-state index in [-0.39, 0.29) is 19.1 Å². The van der Waals surface area contributed by atoms with Gasteiger partial charge in [0.1, 0.15) is 0 Å². The third kappa shape index (κ3) is 2.56. The van der Waals surface area contributed by atoms with E-state index in [9.17, 15) is 18.3 Å². The van der Waals surface area contributed by atoms with Gasteiger partial charge in [-0.3, -0.25) is 4.79 Å². The molecule has 1 aliphatic heterocycles. The first kappa shape index (κ1) is 13.5. The maximum Gasteiger partial charge on any atom is 0.312 e. The zero-order valence-corrected chi connectivity index (χ0v) is 11.6. The Morgan fingerprint density at radius 2 is 2.00 bits per heavy atom. The van der Waals surface area contributed by atoms with Crippen LogP contribution in [0.3, 0.4) is 0 Å². The van der Waals surface area contributed by atoms with Crippen molar-refractivity contribution in [1.82, 2.24) is 9.03 Å². The van der Waals surface area contributed by atoms with Crippen molar-refractivity contribution in [2.75, 3.05) is 6.54 Å². The lowest BCUT2D eigenvalue weighted by Crippen LogP contribution is -2.46.